The molecule has 3 aliphatic heterocycles. The highest BCUT2D eigenvalue weighted by atomic mass is 16.7. The largest absolute Gasteiger partial charge is 0.459 e. The van der Waals surface area contributed by atoms with Crippen molar-refractivity contribution in [3.05, 3.63) is 39.9 Å². The van der Waals surface area contributed by atoms with Crippen LogP contribution in [0.4, 0.5) is 5.69 Å². The van der Waals surface area contributed by atoms with E-state index in [1.165, 1.54) is 26.2 Å². The molecular weight excluding hydrogens is 897 g/mol. The number of methoxy groups -OCH3 is 1. The van der Waals surface area contributed by atoms with Gasteiger partial charge in [-0.05, 0) is 113 Å². The van der Waals surface area contributed by atoms with Crippen molar-refractivity contribution in [2.24, 2.45) is 17.8 Å². The van der Waals surface area contributed by atoms with E-state index in [0.717, 1.165) is 5.56 Å². The fraction of sp³-hybridized carbons (Fsp3) is 0.840. The van der Waals surface area contributed by atoms with Crippen LogP contribution in [0.3, 0.4) is 0 Å². The number of benzene rings is 1. The molecule has 3 fully saturated rings. The van der Waals surface area contributed by atoms with Crippen LogP contribution in [0.25, 0.3) is 0 Å². The molecule has 396 valence electrons. The number of nitrogens with one attached hydrogen (secondary N) is 1. The molecule has 3 saturated heterocycles. The minimum Gasteiger partial charge on any atom is -0.459 e. The highest BCUT2D eigenvalue weighted by Gasteiger charge is 2.53. The van der Waals surface area contributed by atoms with E-state index >= 15 is 0 Å². The van der Waals surface area contributed by atoms with E-state index < -0.39 is 101 Å². The Hall–Kier alpha value is -2.92. The smallest absolute Gasteiger partial charge is 0.311 e. The summed E-state index contributed by atoms with van der Waals surface area (Å²) in [6.07, 6.45) is -7.35. The van der Waals surface area contributed by atoms with Crippen molar-refractivity contribution < 1.29 is 68.5 Å². The lowest BCUT2D eigenvalue weighted by Crippen LogP contribution is -2.60. The van der Waals surface area contributed by atoms with Crippen LogP contribution in [0, 0.1) is 27.9 Å². The molecule has 6 N–H and O–H groups in total. The van der Waals surface area contributed by atoms with Crippen LogP contribution in [0.5, 0.6) is 0 Å². The molecule has 0 aromatic heterocycles. The molecule has 1 aromatic rings. The van der Waals surface area contributed by atoms with E-state index in [-0.39, 0.29) is 55.3 Å². The van der Waals surface area contributed by atoms with Gasteiger partial charge in [-0.2, -0.15) is 0 Å². The van der Waals surface area contributed by atoms with Gasteiger partial charge in [-0.1, -0.05) is 32.9 Å². The van der Waals surface area contributed by atoms with E-state index in [2.05, 4.69) is 5.32 Å². The number of cyclic esters (lactones) is 1. The monoisotopic (exact) mass is 983 g/mol. The van der Waals surface area contributed by atoms with Crippen LogP contribution in [0.1, 0.15) is 120 Å². The lowest BCUT2D eigenvalue weighted by Gasteiger charge is -2.48. The van der Waals surface area contributed by atoms with Gasteiger partial charge in [0.1, 0.15) is 30.0 Å². The maximum atomic E-state index is 14.5. The molecule has 0 saturated carbocycles. The number of aliphatic hydroxyl groups excluding tert-OH is 3. The Bertz CT molecular complexity index is 1790. The number of carbonyl (C=O) groups excluding carboxylic acids is 2. The predicted molar refractivity (Wildman–Crippen MR) is 257 cm³/mol. The quantitative estimate of drug-likeness (QED) is 0.0598. The number of aliphatic hydroxyl groups is 5. The number of amides is 1. The SMILES string of the molecule is CC[C@H]1OC(=O)[C@H](C)[C@@H](O[C@H]2C[C@@](C)(OC)[C@@H](O)[C@H](C)O2)[C@H](C)[C@@H](O[C@@H]2O[C@H](C)C[C@H](N(C)C)[C@H]2O)[C@](C)(O)C[C@@H](C)CN(CCCNC(=O)CCCc2ccc([N+](=O)[O-])cc2)[C@H](C)[C@@H](O)[C@]1(C)O. The summed E-state index contributed by atoms with van der Waals surface area (Å²) in [6, 6.07) is 5.24. The van der Waals surface area contributed by atoms with Gasteiger partial charge in [0, 0.05) is 69.7 Å². The molecular formula is C50H86N4O15. The standard InChI is InChI=1S/C50H86N4O15/c1-14-38-50(10,61)43(57)33(6)53(24-16-23-51-39(55)18-15-17-35-19-21-36(22-20-35)54(62)63)28-29(2)26-48(8,60)45(69-47-41(56)37(52(11)12)25-30(3)65-47)31(4)42(32(5)46(59)67-38)68-40-27-49(9,64-13)44(58)34(7)66-40/h19-22,29-34,37-38,40-45,47,56-58,60-61H,14-18,23-28H2,1-13H3,(H,51,55)/t29-,30-,31+,32-,33-,34+,37+,38-,40+,41-,42+,43-,44+,45-,47+,48-,49-,50-/m1/s1. The highest BCUT2D eigenvalue weighted by molar-refractivity contribution is 5.75. The van der Waals surface area contributed by atoms with Gasteiger partial charge in [-0.3, -0.25) is 24.6 Å². The van der Waals surface area contributed by atoms with Gasteiger partial charge in [0.05, 0.1) is 46.5 Å². The zero-order valence-corrected chi connectivity index (χ0v) is 43.4. The summed E-state index contributed by atoms with van der Waals surface area (Å²) in [6.45, 7) is 18.4. The van der Waals surface area contributed by atoms with Gasteiger partial charge < -0.3 is 64.2 Å². The second-order valence-electron chi connectivity index (χ2n) is 21.2. The summed E-state index contributed by atoms with van der Waals surface area (Å²) in [5.41, 5.74) is -3.78. The number of non-ortho nitro benzene ring substituents is 1. The number of nitro benzene ring substituents is 1. The lowest BCUT2D eigenvalue weighted by atomic mass is 9.77. The topological polar surface area (TPSA) is 252 Å². The predicted octanol–water partition coefficient (Wildman–Crippen LogP) is 3.71. The second-order valence-corrected chi connectivity index (χ2v) is 21.2. The molecule has 1 amide bonds. The molecule has 0 spiro atoms. The molecule has 4 rings (SSSR count). The van der Waals surface area contributed by atoms with Crippen molar-refractivity contribution in [1.29, 1.82) is 0 Å². The lowest BCUT2D eigenvalue weighted by molar-refractivity contribution is -0.384. The number of nitro groups is 1. The minimum absolute atomic E-state index is 0.00795. The van der Waals surface area contributed by atoms with Crippen molar-refractivity contribution >= 4 is 17.6 Å². The molecule has 3 aliphatic rings. The third-order valence-corrected chi connectivity index (χ3v) is 15.0. The van der Waals surface area contributed by atoms with E-state index in [4.69, 9.17) is 28.4 Å². The maximum absolute atomic E-state index is 14.5. The first-order valence-corrected chi connectivity index (χ1v) is 24.9. The number of aryl methyl sites for hydroxylation is 1. The van der Waals surface area contributed by atoms with Gasteiger partial charge in [0.2, 0.25) is 5.91 Å². The van der Waals surface area contributed by atoms with E-state index in [1.807, 2.05) is 37.7 Å². The summed E-state index contributed by atoms with van der Waals surface area (Å²) in [5, 5.41) is 73.9. The Morgan fingerprint density at radius 1 is 0.971 bits per heavy atom. The number of carbonyl (C=O) groups is 2. The molecule has 3 heterocycles. The van der Waals surface area contributed by atoms with Crippen LogP contribution in [-0.2, 0) is 44.4 Å². The van der Waals surface area contributed by atoms with Gasteiger partial charge in [-0.25, -0.2) is 0 Å². The van der Waals surface area contributed by atoms with Crippen molar-refractivity contribution in [2.45, 2.75) is 211 Å². The molecule has 19 nitrogen and oxygen atoms in total. The summed E-state index contributed by atoms with van der Waals surface area (Å²) in [5.74, 6) is -3.08. The van der Waals surface area contributed by atoms with Crippen molar-refractivity contribution in [3.8, 4) is 0 Å². The van der Waals surface area contributed by atoms with E-state index in [0.29, 0.717) is 45.3 Å². The number of hydrogen-bond donors (Lipinski definition) is 6. The van der Waals surface area contributed by atoms with Crippen LogP contribution < -0.4 is 5.32 Å². The molecule has 69 heavy (non-hydrogen) atoms. The highest BCUT2D eigenvalue weighted by Crippen LogP contribution is 2.40. The second kappa shape index (κ2) is 25.2. The van der Waals surface area contributed by atoms with Crippen molar-refractivity contribution in [2.75, 3.05) is 40.8 Å². The zero-order valence-electron chi connectivity index (χ0n) is 43.4. The first-order chi connectivity index (χ1) is 32.2. The van der Waals surface area contributed by atoms with Crippen molar-refractivity contribution in [3.63, 3.8) is 0 Å². The Morgan fingerprint density at radius 2 is 1.62 bits per heavy atom. The maximum Gasteiger partial charge on any atom is 0.311 e. The first kappa shape index (κ1) is 58.6. The molecule has 0 bridgehead atoms. The summed E-state index contributed by atoms with van der Waals surface area (Å²) in [7, 11) is 5.23. The summed E-state index contributed by atoms with van der Waals surface area (Å²) >= 11 is 0. The number of hydrogen-bond acceptors (Lipinski definition) is 17. The van der Waals surface area contributed by atoms with Gasteiger partial charge in [0.15, 0.2) is 12.6 Å². The Morgan fingerprint density at radius 3 is 2.22 bits per heavy atom. The first-order valence-electron chi connectivity index (χ1n) is 24.9. The molecule has 0 aliphatic carbocycles. The normalized spacial score (nSPS) is 40.1. The van der Waals surface area contributed by atoms with E-state index in [9.17, 15) is 45.2 Å². The number of nitrogens with zero attached hydrogens (tertiary/aromatic N) is 3. The summed E-state index contributed by atoms with van der Waals surface area (Å²) in [4.78, 5) is 41.9. The number of rotatable bonds is 16. The van der Waals surface area contributed by atoms with Crippen molar-refractivity contribution in [1.82, 2.24) is 15.1 Å². The van der Waals surface area contributed by atoms with Gasteiger partial charge >= 0.3 is 5.97 Å². The summed E-state index contributed by atoms with van der Waals surface area (Å²) < 4.78 is 38.0. The number of likely N-dealkylation sites (N-methyl/N-ethyl adjacent to an activating group) is 1. The van der Waals surface area contributed by atoms with Crippen LogP contribution >= 0.6 is 0 Å². The number of esters is 1. The third-order valence-electron chi connectivity index (χ3n) is 15.0. The molecule has 0 radical (unpaired) electrons. The van der Waals surface area contributed by atoms with E-state index in [1.54, 1.807) is 60.6 Å². The fourth-order valence-corrected chi connectivity index (χ4v) is 10.7. The molecule has 0 unspecified atom stereocenters. The zero-order chi connectivity index (χ0) is 51.8. The Balaban J connectivity index is 1.66. The fourth-order valence-electron chi connectivity index (χ4n) is 10.7. The Kier molecular flexibility index (Phi) is 21.4. The molecule has 19 heteroatoms. The van der Waals surface area contributed by atoms with Crippen LogP contribution in [-0.4, -0.2) is 183 Å². The number of ether oxygens (including phenoxy) is 6. The van der Waals surface area contributed by atoms with Crippen LogP contribution in [0.2, 0.25) is 0 Å². The average molecular weight is 983 g/mol. The third kappa shape index (κ3) is 15.1. The minimum atomic E-state index is -1.94. The van der Waals surface area contributed by atoms with Gasteiger partial charge in [-0.15, -0.1) is 0 Å². The average Bonchev–Trinajstić information content (AvgIpc) is 3.28. The molecule has 18 atom stereocenters. The van der Waals surface area contributed by atoms with Gasteiger partial charge in [0.25, 0.3) is 5.69 Å². The van der Waals surface area contributed by atoms with Crippen LogP contribution in [0.15, 0.2) is 24.3 Å². The Labute approximate surface area is 409 Å². The molecule has 1 aromatic carbocycles.